The molecule has 0 unspecified atom stereocenters. The molecular formula is C20H18BrN3O2S. The van der Waals surface area contributed by atoms with E-state index in [0.29, 0.717) is 16.7 Å². The van der Waals surface area contributed by atoms with Gasteiger partial charge in [0.15, 0.2) is 5.78 Å². The smallest absolute Gasteiger partial charge is 0.226 e. The fourth-order valence-corrected chi connectivity index (χ4v) is 6.12. The number of aliphatic imine (C=N–C) groups is 1. The molecule has 0 bridgehead atoms. The van der Waals surface area contributed by atoms with Crippen molar-refractivity contribution < 1.29 is 9.59 Å². The Kier molecular flexibility index (Phi) is 3.72. The molecule has 4 aliphatic rings. The van der Waals surface area contributed by atoms with E-state index in [-0.39, 0.29) is 11.6 Å². The molecule has 5 rings (SSSR count). The van der Waals surface area contributed by atoms with Crippen LogP contribution in [0.5, 0.6) is 0 Å². The van der Waals surface area contributed by atoms with Gasteiger partial charge >= 0.3 is 0 Å². The van der Waals surface area contributed by atoms with Gasteiger partial charge in [-0.15, -0.1) is 11.8 Å². The van der Waals surface area contributed by atoms with Crippen LogP contribution in [0.4, 0.5) is 0 Å². The SMILES string of the molecule is CSC1=CC(=O)C(Br)=C[C@@]12CCNC1=C2C2=NCCc3cn(C)c(c32)C1=O. The summed E-state index contributed by atoms with van der Waals surface area (Å²) in [6.07, 6.45) is 9.39. The average molecular weight is 444 g/mol. The van der Waals surface area contributed by atoms with E-state index in [9.17, 15) is 9.59 Å². The van der Waals surface area contributed by atoms with Gasteiger partial charge in [0.2, 0.25) is 5.78 Å². The van der Waals surface area contributed by atoms with E-state index >= 15 is 0 Å². The van der Waals surface area contributed by atoms with E-state index in [4.69, 9.17) is 4.99 Å². The number of Topliss-reactive ketones (excluding diaryl/α,β-unsaturated/α-hetero) is 1. The third-order valence-electron chi connectivity index (χ3n) is 5.87. The van der Waals surface area contributed by atoms with E-state index in [0.717, 1.165) is 46.8 Å². The lowest BCUT2D eigenvalue weighted by molar-refractivity contribution is -0.110. The Morgan fingerprint density at radius 3 is 2.96 bits per heavy atom. The molecule has 0 aromatic carbocycles. The highest BCUT2D eigenvalue weighted by Crippen LogP contribution is 2.54. The number of carbonyl (C=O) groups excluding carboxylic acids is 2. The Bertz CT molecular complexity index is 1060. The number of ketones is 2. The van der Waals surface area contributed by atoms with Gasteiger partial charge in [-0.05, 0) is 46.7 Å². The van der Waals surface area contributed by atoms with Crippen LogP contribution in [0.15, 0.2) is 44.0 Å². The molecule has 1 spiro atoms. The Hall–Kier alpha value is -1.86. The summed E-state index contributed by atoms with van der Waals surface area (Å²) in [6.45, 7) is 1.39. The van der Waals surface area contributed by atoms with Crippen LogP contribution in [-0.4, -0.2) is 41.2 Å². The molecular weight excluding hydrogens is 426 g/mol. The van der Waals surface area contributed by atoms with Crippen LogP contribution in [0.3, 0.4) is 0 Å². The van der Waals surface area contributed by atoms with Gasteiger partial charge < -0.3 is 9.88 Å². The number of hydrogen-bond acceptors (Lipinski definition) is 5. The van der Waals surface area contributed by atoms with Gasteiger partial charge in [0.1, 0.15) is 5.69 Å². The van der Waals surface area contributed by atoms with Gasteiger partial charge in [0.05, 0.1) is 21.3 Å². The molecule has 2 aliphatic heterocycles. The van der Waals surface area contributed by atoms with Gasteiger partial charge in [-0.3, -0.25) is 14.6 Å². The maximum atomic E-state index is 13.4. The molecule has 1 atom stereocenters. The van der Waals surface area contributed by atoms with Gasteiger partial charge in [0.25, 0.3) is 0 Å². The standard InChI is InChI=1S/C20H18BrN3O2S/c1-24-9-10-3-5-22-16-14(10)18(24)19(26)17-15(16)20(4-6-23-17)8-11(21)12(25)7-13(20)27-2/h7-9,23H,3-6H2,1-2H3/t20-/m0/s1. The molecule has 27 heavy (non-hydrogen) atoms. The lowest BCUT2D eigenvalue weighted by atomic mass is 9.66. The Morgan fingerprint density at radius 1 is 1.37 bits per heavy atom. The predicted octanol–water partition coefficient (Wildman–Crippen LogP) is 2.91. The summed E-state index contributed by atoms with van der Waals surface area (Å²) in [5, 5.41) is 3.35. The van der Waals surface area contributed by atoms with Crippen LogP contribution in [0.2, 0.25) is 0 Å². The number of allylic oxidation sites excluding steroid dienone is 6. The Labute approximate surface area is 169 Å². The number of nitrogens with zero attached hydrogens (tertiary/aromatic N) is 2. The zero-order valence-corrected chi connectivity index (χ0v) is 17.5. The van der Waals surface area contributed by atoms with E-state index in [1.54, 1.807) is 17.8 Å². The molecule has 3 heterocycles. The number of thioether (sulfide) groups is 1. The van der Waals surface area contributed by atoms with Crippen molar-refractivity contribution in [2.45, 2.75) is 12.8 Å². The minimum absolute atomic E-state index is 0.0237. The predicted molar refractivity (Wildman–Crippen MR) is 111 cm³/mol. The van der Waals surface area contributed by atoms with E-state index in [1.165, 1.54) is 5.56 Å². The van der Waals surface area contributed by atoms with Crippen molar-refractivity contribution >= 4 is 45.0 Å². The number of rotatable bonds is 1. The number of nitrogens with one attached hydrogen (secondary N) is 1. The van der Waals surface area contributed by atoms with Crippen LogP contribution >= 0.6 is 27.7 Å². The third-order valence-corrected chi connectivity index (χ3v) is 7.42. The summed E-state index contributed by atoms with van der Waals surface area (Å²) in [6, 6.07) is 0. The highest BCUT2D eigenvalue weighted by atomic mass is 79.9. The molecule has 1 aromatic heterocycles. The number of halogens is 1. The summed E-state index contributed by atoms with van der Waals surface area (Å²) in [7, 11) is 1.93. The van der Waals surface area contributed by atoms with Crippen LogP contribution in [-0.2, 0) is 18.3 Å². The first-order chi connectivity index (χ1) is 13.0. The minimum atomic E-state index is -0.497. The van der Waals surface area contributed by atoms with Crippen molar-refractivity contribution in [2.75, 3.05) is 19.3 Å². The van der Waals surface area contributed by atoms with E-state index in [2.05, 4.69) is 27.4 Å². The van der Waals surface area contributed by atoms with Gasteiger partial charge in [0, 0.05) is 42.4 Å². The monoisotopic (exact) mass is 443 g/mol. The highest BCUT2D eigenvalue weighted by molar-refractivity contribution is 9.12. The maximum absolute atomic E-state index is 13.4. The number of aryl methyl sites for hydroxylation is 1. The molecule has 138 valence electrons. The van der Waals surface area contributed by atoms with Crippen molar-refractivity contribution in [3.05, 3.63) is 55.8 Å². The number of hydrogen-bond donors (Lipinski definition) is 1. The normalized spacial score (nSPS) is 26.3. The fourth-order valence-electron chi connectivity index (χ4n) is 4.76. The topological polar surface area (TPSA) is 63.5 Å². The first-order valence-corrected chi connectivity index (χ1v) is 11.0. The lowest BCUT2D eigenvalue weighted by Gasteiger charge is -2.44. The first-order valence-electron chi connectivity index (χ1n) is 8.93. The molecule has 0 saturated carbocycles. The summed E-state index contributed by atoms with van der Waals surface area (Å²) in [5.41, 5.74) is 4.87. The van der Waals surface area contributed by atoms with Gasteiger partial charge in [-0.25, -0.2) is 0 Å². The molecule has 7 heteroatoms. The molecule has 0 saturated heterocycles. The molecule has 5 nitrogen and oxygen atoms in total. The minimum Gasteiger partial charge on any atom is -0.381 e. The fraction of sp³-hybridized carbons (Fsp3) is 0.350. The first kappa shape index (κ1) is 17.3. The van der Waals surface area contributed by atoms with Crippen molar-refractivity contribution in [1.82, 2.24) is 9.88 Å². The van der Waals surface area contributed by atoms with Crippen molar-refractivity contribution in [1.29, 1.82) is 0 Å². The third kappa shape index (κ3) is 2.15. The summed E-state index contributed by atoms with van der Waals surface area (Å²) in [5.74, 6) is -0.00461. The largest absolute Gasteiger partial charge is 0.381 e. The van der Waals surface area contributed by atoms with E-state index in [1.807, 2.05) is 23.9 Å². The second kappa shape index (κ2) is 5.82. The highest BCUT2D eigenvalue weighted by Gasteiger charge is 2.50. The van der Waals surface area contributed by atoms with Crippen LogP contribution < -0.4 is 5.32 Å². The van der Waals surface area contributed by atoms with Crippen molar-refractivity contribution in [3.8, 4) is 0 Å². The number of carbonyl (C=O) groups is 2. The second-order valence-corrected chi connectivity index (χ2v) is 8.97. The average Bonchev–Trinajstić information content (AvgIpc) is 2.99. The lowest BCUT2D eigenvalue weighted by Crippen LogP contribution is -2.46. The van der Waals surface area contributed by atoms with Crippen molar-refractivity contribution in [3.63, 3.8) is 0 Å². The maximum Gasteiger partial charge on any atom is 0.226 e. The van der Waals surface area contributed by atoms with Crippen LogP contribution in [0.1, 0.15) is 28.0 Å². The Morgan fingerprint density at radius 2 is 2.19 bits per heavy atom. The second-order valence-electron chi connectivity index (χ2n) is 7.27. The van der Waals surface area contributed by atoms with Gasteiger partial charge in [-0.1, -0.05) is 6.08 Å². The van der Waals surface area contributed by atoms with Gasteiger partial charge in [-0.2, -0.15) is 0 Å². The molecule has 0 radical (unpaired) electrons. The molecule has 1 N–H and O–H groups in total. The molecule has 0 amide bonds. The Balaban J connectivity index is 1.83. The van der Waals surface area contributed by atoms with Crippen LogP contribution in [0.25, 0.3) is 0 Å². The summed E-state index contributed by atoms with van der Waals surface area (Å²) >= 11 is 5.02. The van der Waals surface area contributed by atoms with Crippen LogP contribution in [0, 0.1) is 5.41 Å². The van der Waals surface area contributed by atoms with Crippen molar-refractivity contribution in [2.24, 2.45) is 17.5 Å². The van der Waals surface area contributed by atoms with E-state index < -0.39 is 5.41 Å². The summed E-state index contributed by atoms with van der Waals surface area (Å²) in [4.78, 5) is 31.6. The zero-order valence-electron chi connectivity index (χ0n) is 15.1. The summed E-state index contributed by atoms with van der Waals surface area (Å²) < 4.78 is 2.49. The molecule has 2 aliphatic carbocycles. The molecule has 1 aromatic rings. The molecule has 0 fully saturated rings. The zero-order chi connectivity index (χ0) is 18.9. The quantitative estimate of drug-likeness (QED) is 0.724. The number of aromatic nitrogens is 1. The number of fused-ring (bicyclic) bond motifs is 2.